The van der Waals surface area contributed by atoms with Gasteiger partial charge in [-0.05, 0) is 50.1 Å². The highest BCUT2D eigenvalue weighted by molar-refractivity contribution is 7.98. The first-order valence-electron chi connectivity index (χ1n) is 5.78. The highest BCUT2D eigenvalue weighted by Gasteiger charge is 2.12. The van der Waals surface area contributed by atoms with Crippen molar-refractivity contribution < 1.29 is 0 Å². The number of thiophene rings is 1. The minimum atomic E-state index is 0.0525. The van der Waals surface area contributed by atoms with Crippen LogP contribution in [0.3, 0.4) is 0 Å². The molecule has 0 unspecified atom stereocenters. The fraction of sp³-hybridized carbons (Fsp3) is 0.500. The molecule has 0 amide bonds. The van der Waals surface area contributed by atoms with E-state index in [9.17, 15) is 4.79 Å². The van der Waals surface area contributed by atoms with Crippen LogP contribution in [0.5, 0.6) is 0 Å². The van der Waals surface area contributed by atoms with Crippen molar-refractivity contribution in [3.8, 4) is 0 Å². The standard InChI is InChI=1S/C12H16N2OS3/c1-7-8(2)18-10-9(7)11(15)14(12(16)13-10)5-4-6-17-3/h4-6H2,1-3H3,(H,13,16). The summed E-state index contributed by atoms with van der Waals surface area (Å²) in [6, 6.07) is 0. The van der Waals surface area contributed by atoms with Gasteiger partial charge in [0.05, 0.1) is 5.39 Å². The number of hydrogen-bond acceptors (Lipinski definition) is 4. The molecule has 6 heteroatoms. The van der Waals surface area contributed by atoms with E-state index in [0.717, 1.165) is 28.0 Å². The number of hydrogen-bond donors (Lipinski definition) is 1. The summed E-state index contributed by atoms with van der Waals surface area (Å²) in [6.07, 6.45) is 3.03. The van der Waals surface area contributed by atoms with Gasteiger partial charge in [-0.1, -0.05) is 0 Å². The van der Waals surface area contributed by atoms with Crippen LogP contribution in [0.1, 0.15) is 16.9 Å². The predicted molar refractivity (Wildman–Crippen MR) is 83.7 cm³/mol. The molecule has 2 aromatic heterocycles. The SMILES string of the molecule is CSCCCn1c(=S)[nH]c2sc(C)c(C)c2c1=O. The summed E-state index contributed by atoms with van der Waals surface area (Å²) in [7, 11) is 0. The normalized spacial score (nSPS) is 11.3. The molecule has 3 nitrogen and oxygen atoms in total. The Balaban J connectivity index is 2.57. The van der Waals surface area contributed by atoms with Gasteiger partial charge in [-0.15, -0.1) is 11.3 Å². The number of aryl methyl sites for hydroxylation is 2. The largest absolute Gasteiger partial charge is 0.323 e. The van der Waals surface area contributed by atoms with Crippen LogP contribution in [-0.4, -0.2) is 21.6 Å². The molecule has 0 fully saturated rings. The van der Waals surface area contributed by atoms with Crippen LogP contribution < -0.4 is 5.56 Å². The quantitative estimate of drug-likeness (QED) is 0.694. The van der Waals surface area contributed by atoms with Gasteiger partial charge in [0.15, 0.2) is 4.77 Å². The van der Waals surface area contributed by atoms with Gasteiger partial charge in [-0.3, -0.25) is 9.36 Å². The maximum atomic E-state index is 12.5. The number of thioether (sulfide) groups is 1. The van der Waals surface area contributed by atoms with Gasteiger partial charge in [-0.2, -0.15) is 11.8 Å². The van der Waals surface area contributed by atoms with Crippen LogP contribution in [-0.2, 0) is 6.54 Å². The third-order valence-electron chi connectivity index (χ3n) is 3.04. The minimum Gasteiger partial charge on any atom is -0.323 e. The lowest BCUT2D eigenvalue weighted by Gasteiger charge is -2.05. The summed E-state index contributed by atoms with van der Waals surface area (Å²) in [5, 5.41) is 0.801. The monoisotopic (exact) mass is 300 g/mol. The number of fused-ring (bicyclic) bond motifs is 1. The van der Waals surface area contributed by atoms with E-state index >= 15 is 0 Å². The first-order chi connectivity index (χ1) is 8.56. The lowest BCUT2D eigenvalue weighted by Crippen LogP contribution is -2.22. The van der Waals surface area contributed by atoms with E-state index in [1.54, 1.807) is 27.7 Å². The fourth-order valence-electron chi connectivity index (χ4n) is 1.93. The van der Waals surface area contributed by atoms with E-state index < -0.39 is 0 Å². The number of H-pyrrole nitrogens is 1. The van der Waals surface area contributed by atoms with Gasteiger partial charge < -0.3 is 4.98 Å². The Labute approximate surface area is 119 Å². The third-order valence-corrected chi connectivity index (χ3v) is 5.18. The fourth-order valence-corrected chi connectivity index (χ4v) is 3.74. The Hall–Kier alpha value is -0.590. The van der Waals surface area contributed by atoms with Crippen LogP contribution in [0.25, 0.3) is 10.2 Å². The average molecular weight is 300 g/mol. The summed E-state index contributed by atoms with van der Waals surface area (Å²) in [6.45, 7) is 4.73. The topological polar surface area (TPSA) is 37.8 Å². The minimum absolute atomic E-state index is 0.0525. The molecule has 0 aliphatic heterocycles. The van der Waals surface area contributed by atoms with Gasteiger partial charge in [-0.25, -0.2) is 0 Å². The summed E-state index contributed by atoms with van der Waals surface area (Å²) < 4.78 is 2.22. The molecular formula is C12H16N2OS3. The van der Waals surface area contributed by atoms with E-state index in [1.807, 2.05) is 13.8 Å². The van der Waals surface area contributed by atoms with E-state index in [-0.39, 0.29) is 5.56 Å². The summed E-state index contributed by atoms with van der Waals surface area (Å²) in [5.41, 5.74) is 1.13. The van der Waals surface area contributed by atoms with Gasteiger partial charge in [0.1, 0.15) is 4.83 Å². The predicted octanol–water partition coefficient (Wildman–Crippen LogP) is 3.49. The second-order valence-corrected chi connectivity index (χ2v) is 6.82. The van der Waals surface area contributed by atoms with Crippen LogP contribution in [0.15, 0.2) is 4.79 Å². The van der Waals surface area contributed by atoms with Crippen molar-refractivity contribution in [3.05, 3.63) is 25.6 Å². The van der Waals surface area contributed by atoms with Crippen molar-refractivity contribution >= 4 is 45.5 Å². The highest BCUT2D eigenvalue weighted by atomic mass is 32.2. The van der Waals surface area contributed by atoms with Gasteiger partial charge in [0, 0.05) is 11.4 Å². The summed E-state index contributed by atoms with van der Waals surface area (Å²) in [5.74, 6) is 1.04. The number of aromatic amines is 1. The number of nitrogens with zero attached hydrogens (tertiary/aromatic N) is 1. The van der Waals surface area contributed by atoms with Crippen molar-refractivity contribution in [2.24, 2.45) is 0 Å². The van der Waals surface area contributed by atoms with E-state index in [1.165, 1.54) is 4.88 Å². The molecule has 0 aliphatic rings. The molecule has 18 heavy (non-hydrogen) atoms. The zero-order valence-corrected chi connectivity index (χ0v) is 13.2. The van der Waals surface area contributed by atoms with Gasteiger partial charge in [0.2, 0.25) is 0 Å². The molecule has 0 atom stereocenters. The summed E-state index contributed by atoms with van der Waals surface area (Å²) in [4.78, 5) is 17.7. The first-order valence-corrected chi connectivity index (χ1v) is 8.40. The Morgan fingerprint density at radius 3 is 2.83 bits per heavy atom. The van der Waals surface area contributed by atoms with Crippen molar-refractivity contribution in [2.45, 2.75) is 26.8 Å². The Kier molecular flexibility index (Phi) is 4.29. The lowest BCUT2D eigenvalue weighted by molar-refractivity contribution is 0.643. The Morgan fingerprint density at radius 1 is 1.44 bits per heavy atom. The molecule has 0 radical (unpaired) electrons. The molecule has 2 aromatic rings. The smallest absolute Gasteiger partial charge is 0.263 e. The third kappa shape index (κ3) is 2.41. The van der Waals surface area contributed by atoms with E-state index in [4.69, 9.17) is 12.2 Å². The molecule has 0 aliphatic carbocycles. The Bertz CT molecular complexity index is 681. The van der Waals surface area contributed by atoms with Gasteiger partial charge in [0.25, 0.3) is 5.56 Å². The maximum Gasteiger partial charge on any atom is 0.263 e. The second kappa shape index (κ2) is 5.59. The molecule has 0 saturated heterocycles. The number of nitrogens with one attached hydrogen (secondary N) is 1. The first kappa shape index (κ1) is 13.8. The molecule has 2 heterocycles. The highest BCUT2D eigenvalue weighted by Crippen LogP contribution is 2.25. The van der Waals surface area contributed by atoms with Crippen molar-refractivity contribution in [1.29, 1.82) is 0 Å². The Morgan fingerprint density at radius 2 is 2.17 bits per heavy atom. The second-order valence-electron chi connectivity index (χ2n) is 4.22. The maximum absolute atomic E-state index is 12.5. The van der Waals surface area contributed by atoms with Crippen LogP contribution in [0.2, 0.25) is 0 Å². The average Bonchev–Trinajstić information content (AvgIpc) is 2.59. The van der Waals surface area contributed by atoms with Crippen molar-refractivity contribution in [2.75, 3.05) is 12.0 Å². The van der Waals surface area contributed by atoms with Crippen molar-refractivity contribution in [3.63, 3.8) is 0 Å². The van der Waals surface area contributed by atoms with E-state index in [2.05, 4.69) is 11.2 Å². The zero-order chi connectivity index (χ0) is 13.3. The van der Waals surface area contributed by atoms with Crippen molar-refractivity contribution in [1.82, 2.24) is 9.55 Å². The molecular weight excluding hydrogens is 284 g/mol. The van der Waals surface area contributed by atoms with Crippen LogP contribution >= 0.6 is 35.3 Å². The molecule has 0 bridgehead atoms. The molecule has 1 N–H and O–H groups in total. The number of aromatic nitrogens is 2. The molecule has 0 saturated carbocycles. The number of rotatable bonds is 4. The molecule has 0 spiro atoms. The van der Waals surface area contributed by atoms with Crippen LogP contribution in [0.4, 0.5) is 0 Å². The van der Waals surface area contributed by atoms with E-state index in [0.29, 0.717) is 11.3 Å². The molecule has 0 aromatic carbocycles. The lowest BCUT2D eigenvalue weighted by atomic mass is 10.2. The summed E-state index contributed by atoms with van der Waals surface area (Å²) >= 11 is 8.67. The molecule has 98 valence electrons. The van der Waals surface area contributed by atoms with Gasteiger partial charge >= 0.3 is 0 Å². The zero-order valence-electron chi connectivity index (χ0n) is 10.7. The van der Waals surface area contributed by atoms with Crippen LogP contribution in [0, 0.1) is 18.6 Å². The molecule has 2 rings (SSSR count).